The highest BCUT2D eigenvalue weighted by Gasteiger charge is 2.24. The number of hydrogen-bond donors (Lipinski definition) is 0. The molecule has 0 atom stereocenters. The summed E-state index contributed by atoms with van der Waals surface area (Å²) < 4.78 is 0. The van der Waals surface area contributed by atoms with Crippen LogP contribution >= 0.6 is 35.1 Å². The number of benzene rings is 1. The second-order valence-electron chi connectivity index (χ2n) is 5.79. The molecule has 0 fully saturated rings. The third kappa shape index (κ3) is 2.54. The normalized spacial score (nSPS) is 13.1. The predicted octanol–water partition coefficient (Wildman–Crippen LogP) is 4.85. The molecule has 0 radical (unpaired) electrons. The van der Waals surface area contributed by atoms with Gasteiger partial charge in [-0.05, 0) is 66.7 Å². The van der Waals surface area contributed by atoms with Gasteiger partial charge >= 0.3 is 0 Å². The summed E-state index contributed by atoms with van der Waals surface area (Å²) in [7, 11) is 0. The number of rotatable bonds is 0. The van der Waals surface area contributed by atoms with Crippen molar-refractivity contribution in [2.24, 2.45) is 0 Å². The Bertz CT molecular complexity index is 1190. The van der Waals surface area contributed by atoms with Crippen molar-refractivity contribution in [2.75, 3.05) is 0 Å². The number of nitrogens with zero attached hydrogens (tertiary/aromatic N) is 5. The van der Waals surface area contributed by atoms with Crippen LogP contribution in [0.2, 0.25) is 5.02 Å². The first-order chi connectivity index (χ1) is 12.1. The second-order valence-corrected chi connectivity index (χ2v) is 8.18. The monoisotopic (exact) mass is 383 g/mol. The van der Waals surface area contributed by atoms with Crippen LogP contribution in [0, 0.1) is 13.8 Å². The van der Waals surface area contributed by atoms with Crippen LogP contribution in [-0.4, -0.2) is 24.9 Å². The maximum absolute atomic E-state index is 6.01. The lowest BCUT2D eigenvalue weighted by Crippen LogP contribution is -2.02. The van der Waals surface area contributed by atoms with Gasteiger partial charge in [0.1, 0.15) is 25.6 Å². The Morgan fingerprint density at radius 3 is 1.84 bits per heavy atom. The van der Waals surface area contributed by atoms with Crippen molar-refractivity contribution in [1.29, 1.82) is 0 Å². The van der Waals surface area contributed by atoms with Crippen LogP contribution in [0.15, 0.2) is 44.5 Å². The highest BCUT2D eigenvalue weighted by Crippen LogP contribution is 2.45. The Morgan fingerprint density at radius 2 is 1.24 bits per heavy atom. The van der Waals surface area contributed by atoms with Gasteiger partial charge in [0.25, 0.3) is 0 Å². The van der Waals surface area contributed by atoms with Gasteiger partial charge in [0, 0.05) is 6.20 Å². The van der Waals surface area contributed by atoms with Gasteiger partial charge in [0.05, 0.1) is 16.1 Å². The average molecular weight is 384 g/mol. The van der Waals surface area contributed by atoms with Crippen LogP contribution in [0.1, 0.15) is 11.1 Å². The highest BCUT2D eigenvalue weighted by molar-refractivity contribution is 8.04. The van der Waals surface area contributed by atoms with E-state index in [1.54, 1.807) is 12.3 Å². The number of pyridine rings is 1. The summed E-state index contributed by atoms with van der Waals surface area (Å²) in [6, 6.07) is 5.93. The van der Waals surface area contributed by atoms with Crippen molar-refractivity contribution in [3.63, 3.8) is 0 Å². The Balaban J connectivity index is 1.68. The predicted molar refractivity (Wildman–Crippen MR) is 99.6 cm³/mol. The minimum absolute atomic E-state index is 0.548. The van der Waals surface area contributed by atoms with Crippen LogP contribution in [0.3, 0.4) is 0 Å². The van der Waals surface area contributed by atoms with Crippen molar-refractivity contribution in [3.8, 4) is 0 Å². The van der Waals surface area contributed by atoms with Crippen LogP contribution in [-0.2, 0) is 0 Å². The van der Waals surface area contributed by atoms with E-state index >= 15 is 0 Å². The van der Waals surface area contributed by atoms with Gasteiger partial charge in [-0.3, -0.25) is 0 Å². The molecule has 0 spiro atoms. The Kier molecular flexibility index (Phi) is 3.38. The van der Waals surface area contributed by atoms with E-state index in [1.807, 2.05) is 0 Å². The van der Waals surface area contributed by atoms with Crippen molar-refractivity contribution >= 4 is 57.3 Å². The van der Waals surface area contributed by atoms with E-state index in [0.717, 1.165) is 31.1 Å². The average Bonchev–Trinajstić information content (AvgIpc) is 2.58. The largest absolute Gasteiger partial charge is 0.237 e. The summed E-state index contributed by atoms with van der Waals surface area (Å²) in [5.74, 6) is 0. The molecular weight excluding hydrogens is 374 g/mol. The van der Waals surface area contributed by atoms with Gasteiger partial charge in [0.2, 0.25) is 0 Å². The summed E-state index contributed by atoms with van der Waals surface area (Å²) in [4.78, 5) is 23.1. The van der Waals surface area contributed by atoms with Crippen molar-refractivity contribution in [3.05, 3.63) is 40.5 Å². The van der Waals surface area contributed by atoms with Crippen LogP contribution < -0.4 is 0 Å². The third-order valence-electron chi connectivity index (χ3n) is 4.03. The zero-order chi connectivity index (χ0) is 17.1. The van der Waals surface area contributed by atoms with Gasteiger partial charge < -0.3 is 0 Å². The molecular formula is C17H10ClN5S2. The van der Waals surface area contributed by atoms with E-state index < -0.39 is 0 Å². The fourth-order valence-electron chi connectivity index (χ4n) is 2.62. The van der Waals surface area contributed by atoms with Crippen LogP contribution in [0.4, 0.5) is 0 Å². The molecule has 8 heteroatoms. The molecule has 0 N–H and O–H groups in total. The van der Waals surface area contributed by atoms with Gasteiger partial charge in [-0.2, -0.15) is 0 Å². The summed E-state index contributed by atoms with van der Waals surface area (Å²) in [5, 5.41) is 3.88. The van der Waals surface area contributed by atoms with Crippen molar-refractivity contribution in [1.82, 2.24) is 24.9 Å². The van der Waals surface area contributed by atoms with E-state index in [4.69, 9.17) is 21.6 Å². The Hall–Kier alpha value is -1.96. The molecule has 4 heterocycles. The Labute approximate surface area is 156 Å². The number of aryl methyl sites for hydroxylation is 2. The molecule has 0 aliphatic carbocycles. The maximum Gasteiger partial charge on any atom is 0.179 e. The first-order valence-electron chi connectivity index (χ1n) is 7.55. The molecule has 3 aromatic heterocycles. The smallest absolute Gasteiger partial charge is 0.179 e. The van der Waals surface area contributed by atoms with Gasteiger partial charge in [0.15, 0.2) is 5.65 Å². The molecule has 1 aromatic carbocycles. The standard InChI is InChI=1S/C17H10ClN5S2/c1-7-3-10-11(4-8(7)2)21-15-14(20-10)24-16-17(25-15)23-13-12(22-16)5-9(18)6-19-13/h3-6H,1-2H3. The first-order valence-corrected chi connectivity index (χ1v) is 9.56. The number of aromatic nitrogens is 5. The molecule has 4 aromatic rings. The van der Waals surface area contributed by atoms with E-state index in [2.05, 4.69) is 40.9 Å². The number of hydrogen-bond acceptors (Lipinski definition) is 7. The van der Waals surface area contributed by atoms with E-state index in [0.29, 0.717) is 16.2 Å². The summed E-state index contributed by atoms with van der Waals surface area (Å²) in [5.41, 5.74) is 5.49. The molecule has 0 bridgehead atoms. The number of halogens is 1. The molecule has 1 aliphatic heterocycles. The highest BCUT2D eigenvalue weighted by atomic mass is 35.5. The van der Waals surface area contributed by atoms with Gasteiger partial charge in [-0.1, -0.05) is 11.6 Å². The topological polar surface area (TPSA) is 64.5 Å². The summed E-state index contributed by atoms with van der Waals surface area (Å²) in [6.07, 6.45) is 1.58. The molecule has 1 aliphatic rings. The molecule has 0 amide bonds. The zero-order valence-corrected chi connectivity index (χ0v) is 15.6. The van der Waals surface area contributed by atoms with E-state index in [1.165, 1.54) is 34.7 Å². The van der Waals surface area contributed by atoms with Crippen LogP contribution in [0.25, 0.3) is 22.2 Å². The maximum atomic E-state index is 6.01. The fourth-order valence-corrected chi connectivity index (χ4v) is 4.73. The molecule has 0 saturated carbocycles. The lowest BCUT2D eigenvalue weighted by atomic mass is 10.1. The minimum atomic E-state index is 0.548. The van der Waals surface area contributed by atoms with E-state index in [-0.39, 0.29) is 0 Å². The van der Waals surface area contributed by atoms with E-state index in [9.17, 15) is 0 Å². The molecule has 0 unspecified atom stereocenters. The van der Waals surface area contributed by atoms with Crippen molar-refractivity contribution < 1.29 is 0 Å². The molecule has 25 heavy (non-hydrogen) atoms. The Morgan fingerprint density at radius 1 is 0.720 bits per heavy atom. The molecule has 0 saturated heterocycles. The second kappa shape index (κ2) is 5.52. The summed E-state index contributed by atoms with van der Waals surface area (Å²) in [6.45, 7) is 4.17. The quantitative estimate of drug-likeness (QED) is 0.378. The fraction of sp³-hybridized carbons (Fsp3) is 0.118. The molecule has 122 valence electrons. The minimum Gasteiger partial charge on any atom is -0.237 e. The summed E-state index contributed by atoms with van der Waals surface area (Å²) >= 11 is 8.99. The van der Waals surface area contributed by atoms with Crippen molar-refractivity contribution in [2.45, 2.75) is 34.0 Å². The van der Waals surface area contributed by atoms with Crippen LogP contribution in [0.5, 0.6) is 0 Å². The molecule has 5 rings (SSSR count). The lowest BCUT2D eigenvalue weighted by molar-refractivity contribution is 0.895. The van der Waals surface area contributed by atoms with Gasteiger partial charge in [-0.15, -0.1) is 0 Å². The lowest BCUT2D eigenvalue weighted by Gasteiger charge is -2.16. The first kappa shape index (κ1) is 15.3. The SMILES string of the molecule is Cc1cc2nc3c(nc2cc1C)Sc1nc2ncc(Cl)cc2nc1S3. The molecule has 5 nitrogen and oxygen atoms in total. The zero-order valence-electron chi connectivity index (χ0n) is 13.2. The third-order valence-corrected chi connectivity index (χ3v) is 6.41. The van der Waals surface area contributed by atoms with Gasteiger partial charge in [-0.25, -0.2) is 24.9 Å². The number of fused-ring (bicyclic) bond motifs is 4.